The van der Waals surface area contributed by atoms with Gasteiger partial charge >= 0.3 is 12.1 Å². The van der Waals surface area contributed by atoms with Crippen LogP contribution in [0.2, 0.25) is 0 Å². The first kappa shape index (κ1) is 31.1. The van der Waals surface area contributed by atoms with E-state index in [1.807, 2.05) is 42.5 Å². The summed E-state index contributed by atoms with van der Waals surface area (Å²) in [5, 5.41) is 16.5. The van der Waals surface area contributed by atoms with Crippen LogP contribution in [-0.4, -0.2) is 74.5 Å². The molecule has 11 nitrogen and oxygen atoms in total. The van der Waals surface area contributed by atoms with E-state index in [1.54, 1.807) is 39.0 Å². The van der Waals surface area contributed by atoms with Gasteiger partial charge in [0.2, 0.25) is 5.95 Å². The van der Waals surface area contributed by atoms with Crippen LogP contribution in [0.1, 0.15) is 56.9 Å². The van der Waals surface area contributed by atoms with Gasteiger partial charge in [-0.1, -0.05) is 5.92 Å². The highest BCUT2D eigenvalue weighted by molar-refractivity contribution is 5.81. The number of methoxy groups -OCH3 is 1. The number of alkyl carbamates (subject to hydrolysis) is 1. The fourth-order valence-corrected chi connectivity index (χ4v) is 4.42. The fourth-order valence-electron chi connectivity index (χ4n) is 4.42. The van der Waals surface area contributed by atoms with Crippen LogP contribution in [0.15, 0.2) is 30.5 Å². The Morgan fingerprint density at radius 3 is 2.63 bits per heavy atom. The molecule has 2 atom stereocenters. The van der Waals surface area contributed by atoms with Crippen LogP contribution in [0.4, 0.5) is 10.7 Å². The number of pyridine rings is 1. The molecule has 1 amide bonds. The summed E-state index contributed by atoms with van der Waals surface area (Å²) < 4.78 is 12.2. The van der Waals surface area contributed by atoms with Gasteiger partial charge < -0.3 is 34.7 Å². The summed E-state index contributed by atoms with van der Waals surface area (Å²) in [5.41, 5.74) is 3.14. The number of amides is 1. The number of ether oxygens (including phenoxy) is 2. The van der Waals surface area contributed by atoms with Crippen LogP contribution >= 0.6 is 0 Å². The van der Waals surface area contributed by atoms with Crippen LogP contribution in [0.3, 0.4) is 0 Å². The van der Waals surface area contributed by atoms with E-state index in [1.165, 1.54) is 7.11 Å². The van der Waals surface area contributed by atoms with Gasteiger partial charge in [-0.15, -0.1) is 6.42 Å². The van der Waals surface area contributed by atoms with E-state index in [0.717, 1.165) is 22.7 Å². The molecule has 3 N–H and O–H groups in total. The van der Waals surface area contributed by atoms with Crippen LogP contribution in [0.25, 0.3) is 5.57 Å². The number of carbonyl (C=O) groups is 2. The van der Waals surface area contributed by atoms with E-state index in [2.05, 4.69) is 21.5 Å². The molecule has 0 spiro atoms. The predicted molar refractivity (Wildman–Crippen MR) is 157 cm³/mol. The van der Waals surface area contributed by atoms with Crippen LogP contribution in [-0.2, 0) is 20.8 Å². The first-order valence-electron chi connectivity index (χ1n) is 13.4. The van der Waals surface area contributed by atoms with E-state index in [9.17, 15) is 14.7 Å². The molecule has 1 aliphatic rings. The van der Waals surface area contributed by atoms with Gasteiger partial charge in [0.1, 0.15) is 23.1 Å². The van der Waals surface area contributed by atoms with E-state index in [0.29, 0.717) is 31.2 Å². The van der Waals surface area contributed by atoms with Crippen molar-refractivity contribution in [2.45, 2.75) is 72.2 Å². The first-order valence-corrected chi connectivity index (χ1v) is 13.4. The number of esters is 1. The van der Waals surface area contributed by atoms with Crippen LogP contribution in [0, 0.1) is 26.2 Å². The van der Waals surface area contributed by atoms with Crippen molar-refractivity contribution in [3.63, 3.8) is 0 Å². The lowest BCUT2D eigenvalue weighted by atomic mass is 10.1. The highest BCUT2D eigenvalue weighted by Crippen LogP contribution is 2.26. The van der Waals surface area contributed by atoms with Gasteiger partial charge in [0.05, 0.1) is 25.4 Å². The van der Waals surface area contributed by atoms with Crippen LogP contribution < -0.4 is 10.6 Å². The highest BCUT2D eigenvalue weighted by Gasteiger charge is 2.28. The summed E-state index contributed by atoms with van der Waals surface area (Å²) in [6.07, 6.45) is 11.1. The number of hydrogen-bond donors (Lipinski definition) is 3. The van der Waals surface area contributed by atoms with Gasteiger partial charge in [-0.25, -0.2) is 14.6 Å². The Hall–Kier alpha value is -4.46. The van der Waals surface area contributed by atoms with E-state index in [4.69, 9.17) is 20.9 Å². The van der Waals surface area contributed by atoms with Gasteiger partial charge in [0.15, 0.2) is 0 Å². The molecule has 0 fully saturated rings. The van der Waals surface area contributed by atoms with Crippen molar-refractivity contribution in [2.24, 2.45) is 0 Å². The second-order valence-electron chi connectivity index (χ2n) is 11.0. The summed E-state index contributed by atoms with van der Waals surface area (Å²) in [7, 11) is 1.28. The molecule has 2 aromatic heterocycles. The molecule has 0 saturated heterocycles. The van der Waals surface area contributed by atoms with Crippen molar-refractivity contribution < 1.29 is 24.2 Å². The maximum Gasteiger partial charge on any atom is 0.408 e. The van der Waals surface area contributed by atoms with Crippen molar-refractivity contribution in [3.05, 3.63) is 53.3 Å². The Kier molecular flexibility index (Phi) is 10.1. The zero-order valence-electron chi connectivity index (χ0n) is 24.8. The van der Waals surface area contributed by atoms with Gasteiger partial charge in [0.25, 0.3) is 0 Å². The zero-order chi connectivity index (χ0) is 30.3. The quantitative estimate of drug-likeness (QED) is 0.308. The summed E-state index contributed by atoms with van der Waals surface area (Å²) in [4.78, 5) is 35.9. The number of hydrogen-bond acceptors (Lipinski definition) is 9. The fraction of sp³-hybridized carbons (Fsp3) is 0.467. The Balaban J connectivity index is 1.78. The predicted octanol–water partition coefficient (Wildman–Crippen LogP) is 3.75. The van der Waals surface area contributed by atoms with E-state index < -0.39 is 23.7 Å². The van der Waals surface area contributed by atoms with Crippen molar-refractivity contribution in [1.82, 2.24) is 24.8 Å². The minimum absolute atomic E-state index is 0.0639. The van der Waals surface area contributed by atoms with Gasteiger partial charge in [-0.05, 0) is 84.0 Å². The van der Waals surface area contributed by atoms with E-state index >= 15 is 0 Å². The second kappa shape index (κ2) is 13.3. The normalized spacial score (nSPS) is 16.1. The molecule has 220 valence electrons. The molecule has 3 heterocycles. The molecule has 0 bridgehead atoms. The molecule has 0 saturated carbocycles. The molecular formula is C30H40N6O5. The number of anilines is 1. The Labute approximate surface area is 241 Å². The maximum atomic E-state index is 12.4. The summed E-state index contributed by atoms with van der Waals surface area (Å²) in [5.74, 6) is 2.73. The van der Waals surface area contributed by atoms with Crippen LogP contribution in [0.5, 0.6) is 5.75 Å². The number of aryl methyl sites for hydroxylation is 1. The highest BCUT2D eigenvalue weighted by atomic mass is 16.6. The van der Waals surface area contributed by atoms with E-state index in [-0.39, 0.29) is 18.3 Å². The van der Waals surface area contributed by atoms with Crippen molar-refractivity contribution >= 4 is 23.6 Å². The number of aromatic nitrogens is 3. The third-order valence-electron chi connectivity index (χ3n) is 6.46. The number of allylic oxidation sites excluding steroid dienone is 2. The average molecular weight is 565 g/mol. The van der Waals surface area contributed by atoms with Crippen molar-refractivity contribution in [2.75, 3.05) is 25.5 Å². The monoisotopic (exact) mass is 564 g/mol. The molecular weight excluding hydrogens is 524 g/mol. The number of nitrogens with one attached hydrogen (secondary N) is 2. The molecule has 41 heavy (non-hydrogen) atoms. The van der Waals surface area contributed by atoms with Gasteiger partial charge in [0, 0.05) is 24.5 Å². The zero-order valence-corrected chi connectivity index (χ0v) is 24.8. The third-order valence-corrected chi connectivity index (χ3v) is 6.46. The Morgan fingerprint density at radius 1 is 1.29 bits per heavy atom. The summed E-state index contributed by atoms with van der Waals surface area (Å²) in [6, 6.07) is 2.44. The number of aromatic hydroxyl groups is 1. The van der Waals surface area contributed by atoms with Crippen molar-refractivity contribution in [1.29, 1.82) is 0 Å². The molecule has 2 aromatic rings. The average Bonchev–Trinajstić information content (AvgIpc) is 3.20. The number of terminal acetylenes is 1. The largest absolute Gasteiger partial charge is 0.506 e. The number of imidazole rings is 1. The lowest BCUT2D eigenvalue weighted by Crippen LogP contribution is -2.50. The number of rotatable bonds is 9. The Bertz CT molecular complexity index is 1360. The maximum absolute atomic E-state index is 12.4. The molecule has 11 heteroatoms. The lowest BCUT2D eigenvalue weighted by Gasteiger charge is -2.31. The minimum atomic E-state index is -0.895. The molecule has 3 rings (SSSR count). The summed E-state index contributed by atoms with van der Waals surface area (Å²) >= 11 is 0. The molecule has 0 radical (unpaired) electrons. The van der Waals surface area contributed by atoms with Gasteiger partial charge in [-0.3, -0.25) is 4.98 Å². The molecule has 2 unspecified atom stereocenters. The molecule has 0 aromatic carbocycles. The topological polar surface area (TPSA) is 131 Å². The summed E-state index contributed by atoms with van der Waals surface area (Å²) in [6.45, 7) is 12.2. The third kappa shape index (κ3) is 8.51. The number of nitrogens with zero attached hydrogens (tertiary/aromatic N) is 4. The van der Waals surface area contributed by atoms with Crippen molar-refractivity contribution in [3.8, 4) is 18.1 Å². The minimum Gasteiger partial charge on any atom is -0.506 e. The smallest absolute Gasteiger partial charge is 0.408 e. The molecule has 1 aliphatic heterocycles. The SMILES string of the molecule is C#C/C=C(/C)c1nc(NC2C=CN(CC(NC(=O)OC(C)(C)C)C(=O)OC)CC2)n(Cc2nc(C)ccc2O)c1C. The lowest BCUT2D eigenvalue weighted by molar-refractivity contribution is -0.143. The second-order valence-corrected chi connectivity index (χ2v) is 11.0. The molecule has 0 aliphatic carbocycles. The standard InChI is InChI=1S/C30H40N6O5/c1-9-10-19(2)26-21(4)36(18-23-25(37)12-11-20(3)31-23)28(34-26)32-22-13-15-35(16-14-22)17-24(27(38)40-8)33-29(39)41-30(5,6)7/h1,10-13,15,22,24,37H,14,16-18H2,2-8H3,(H,32,34)(H,33,39)/b19-10-. The van der Waals surface area contributed by atoms with Gasteiger partial charge in [-0.2, -0.15) is 0 Å². The number of carbonyl (C=O) groups excluding carboxylic acids is 2. The first-order chi connectivity index (χ1) is 19.3. The Morgan fingerprint density at radius 2 is 2.02 bits per heavy atom.